The van der Waals surface area contributed by atoms with Crippen LogP contribution in [-0.4, -0.2) is 27.4 Å². The molecule has 9 heteroatoms. The molecule has 0 aliphatic carbocycles. The number of benzene rings is 2. The Morgan fingerprint density at radius 1 is 1.00 bits per heavy atom. The number of nitro groups is 1. The van der Waals surface area contributed by atoms with E-state index >= 15 is 0 Å². The summed E-state index contributed by atoms with van der Waals surface area (Å²) in [6, 6.07) is 11.8. The maximum Gasteiger partial charge on any atom is 0.269 e. The summed E-state index contributed by atoms with van der Waals surface area (Å²) in [6.45, 7) is 5.65. The maximum atomic E-state index is 12.2. The van der Waals surface area contributed by atoms with Gasteiger partial charge in [-0.25, -0.2) is 0 Å². The van der Waals surface area contributed by atoms with Crippen molar-refractivity contribution in [3.05, 3.63) is 69.8 Å². The van der Waals surface area contributed by atoms with Gasteiger partial charge in [0.2, 0.25) is 0 Å². The molecule has 0 fully saturated rings. The minimum absolute atomic E-state index is 0.0386. The van der Waals surface area contributed by atoms with Crippen LogP contribution < -0.4 is 16.0 Å². The van der Waals surface area contributed by atoms with E-state index in [9.17, 15) is 19.7 Å². The standard InChI is InChI=1S/C19H20N4O4S/c1-19(2,3)22-17(25)13-5-4-6-14(11-13)20-18(28)21-16(24)12-7-9-15(10-8-12)23(26)27/h4-11H,1-3H3,(H,22,25)(H2,20,21,24,28). The van der Waals surface area contributed by atoms with Crippen LogP contribution in [0.2, 0.25) is 0 Å². The van der Waals surface area contributed by atoms with E-state index in [2.05, 4.69) is 16.0 Å². The summed E-state index contributed by atoms with van der Waals surface area (Å²) in [7, 11) is 0. The van der Waals surface area contributed by atoms with Crippen molar-refractivity contribution >= 4 is 40.5 Å². The van der Waals surface area contributed by atoms with Crippen molar-refractivity contribution in [3.8, 4) is 0 Å². The molecule has 2 rings (SSSR count). The van der Waals surface area contributed by atoms with Gasteiger partial charge in [-0.2, -0.15) is 0 Å². The number of carbonyl (C=O) groups excluding carboxylic acids is 2. The highest BCUT2D eigenvalue weighted by molar-refractivity contribution is 7.80. The number of hydrogen-bond acceptors (Lipinski definition) is 5. The molecule has 2 aromatic rings. The summed E-state index contributed by atoms with van der Waals surface area (Å²) >= 11 is 5.12. The minimum Gasteiger partial charge on any atom is -0.347 e. The lowest BCUT2D eigenvalue weighted by molar-refractivity contribution is -0.384. The van der Waals surface area contributed by atoms with Gasteiger partial charge >= 0.3 is 0 Å². The van der Waals surface area contributed by atoms with E-state index in [-0.39, 0.29) is 27.8 Å². The highest BCUT2D eigenvalue weighted by Gasteiger charge is 2.16. The van der Waals surface area contributed by atoms with Gasteiger partial charge in [0.25, 0.3) is 17.5 Å². The van der Waals surface area contributed by atoms with Gasteiger partial charge in [0, 0.05) is 34.5 Å². The number of amides is 2. The van der Waals surface area contributed by atoms with Crippen molar-refractivity contribution in [3.63, 3.8) is 0 Å². The second-order valence-corrected chi connectivity index (χ2v) is 7.41. The fourth-order valence-corrected chi connectivity index (χ4v) is 2.43. The van der Waals surface area contributed by atoms with Crippen molar-refractivity contribution in [2.45, 2.75) is 26.3 Å². The van der Waals surface area contributed by atoms with Gasteiger partial charge in [0.15, 0.2) is 5.11 Å². The lowest BCUT2D eigenvalue weighted by Crippen LogP contribution is -2.40. The SMILES string of the molecule is CC(C)(C)NC(=O)c1cccc(NC(=S)NC(=O)c2ccc([N+](=O)[O-])cc2)c1. The zero-order chi connectivity index (χ0) is 20.9. The Kier molecular flexibility index (Phi) is 6.42. The van der Waals surface area contributed by atoms with E-state index in [4.69, 9.17) is 12.2 Å². The second-order valence-electron chi connectivity index (χ2n) is 7.00. The van der Waals surface area contributed by atoms with E-state index in [0.29, 0.717) is 11.3 Å². The molecule has 0 spiro atoms. The normalized spacial score (nSPS) is 10.7. The Morgan fingerprint density at radius 2 is 1.64 bits per heavy atom. The van der Waals surface area contributed by atoms with E-state index in [1.807, 2.05) is 20.8 Å². The molecule has 0 saturated carbocycles. The molecule has 0 aliphatic heterocycles. The first-order chi connectivity index (χ1) is 13.0. The van der Waals surface area contributed by atoms with E-state index in [1.54, 1.807) is 24.3 Å². The number of hydrogen-bond donors (Lipinski definition) is 3. The fourth-order valence-electron chi connectivity index (χ4n) is 2.22. The number of anilines is 1. The summed E-state index contributed by atoms with van der Waals surface area (Å²) in [4.78, 5) is 34.5. The molecule has 0 aliphatic rings. The van der Waals surface area contributed by atoms with Crippen molar-refractivity contribution in [2.24, 2.45) is 0 Å². The van der Waals surface area contributed by atoms with E-state index in [1.165, 1.54) is 24.3 Å². The molecule has 0 radical (unpaired) electrons. The summed E-state index contributed by atoms with van der Waals surface area (Å²) in [5.74, 6) is -0.731. The number of nitro benzene ring substituents is 1. The summed E-state index contributed by atoms with van der Waals surface area (Å²) in [5, 5.41) is 18.9. The first kappa shape index (κ1) is 21.0. The predicted octanol–water partition coefficient (Wildman–Crippen LogP) is 3.25. The molecule has 0 atom stereocenters. The van der Waals surface area contributed by atoms with Crippen LogP contribution in [-0.2, 0) is 0 Å². The van der Waals surface area contributed by atoms with Gasteiger partial charge in [0.05, 0.1) is 4.92 Å². The third kappa shape index (κ3) is 6.13. The van der Waals surface area contributed by atoms with Gasteiger partial charge in [-0.1, -0.05) is 6.07 Å². The minimum atomic E-state index is -0.545. The van der Waals surface area contributed by atoms with E-state index < -0.39 is 10.8 Å². The number of carbonyl (C=O) groups is 2. The van der Waals surface area contributed by atoms with Crippen molar-refractivity contribution in [1.82, 2.24) is 10.6 Å². The topological polar surface area (TPSA) is 113 Å². The molecule has 0 aromatic heterocycles. The lowest BCUT2D eigenvalue weighted by atomic mass is 10.1. The first-order valence-corrected chi connectivity index (χ1v) is 8.75. The molecule has 0 unspecified atom stereocenters. The highest BCUT2D eigenvalue weighted by atomic mass is 32.1. The van der Waals surface area contributed by atoms with Gasteiger partial charge < -0.3 is 10.6 Å². The molecule has 0 heterocycles. The van der Waals surface area contributed by atoms with Crippen molar-refractivity contribution in [2.75, 3.05) is 5.32 Å². The maximum absolute atomic E-state index is 12.2. The van der Waals surface area contributed by atoms with Crippen LogP contribution in [0, 0.1) is 10.1 Å². The van der Waals surface area contributed by atoms with Crippen LogP contribution in [0.5, 0.6) is 0 Å². The van der Waals surface area contributed by atoms with Crippen molar-refractivity contribution < 1.29 is 14.5 Å². The zero-order valence-electron chi connectivity index (χ0n) is 15.6. The Labute approximate surface area is 167 Å². The molecule has 0 saturated heterocycles. The fraction of sp³-hybridized carbons (Fsp3) is 0.211. The number of rotatable bonds is 4. The first-order valence-electron chi connectivity index (χ1n) is 8.34. The molecule has 146 valence electrons. The summed E-state index contributed by atoms with van der Waals surface area (Å²) in [5.41, 5.74) is 0.741. The Bertz CT molecular complexity index is 920. The molecule has 2 aromatic carbocycles. The monoisotopic (exact) mass is 400 g/mol. The molecular formula is C19H20N4O4S. The van der Waals surface area contributed by atoms with Gasteiger partial charge in [-0.05, 0) is 63.3 Å². The molecule has 28 heavy (non-hydrogen) atoms. The zero-order valence-corrected chi connectivity index (χ0v) is 16.4. The molecule has 0 bridgehead atoms. The van der Waals surface area contributed by atoms with E-state index in [0.717, 1.165) is 0 Å². The Hall–Kier alpha value is -3.33. The molecular weight excluding hydrogens is 380 g/mol. The van der Waals surface area contributed by atoms with Crippen LogP contribution in [0.25, 0.3) is 0 Å². The van der Waals surface area contributed by atoms with Crippen LogP contribution in [0.4, 0.5) is 11.4 Å². The van der Waals surface area contributed by atoms with Crippen LogP contribution in [0.15, 0.2) is 48.5 Å². The predicted molar refractivity (Wildman–Crippen MR) is 110 cm³/mol. The van der Waals surface area contributed by atoms with Gasteiger partial charge in [-0.3, -0.25) is 25.0 Å². The second kappa shape index (κ2) is 8.57. The molecule has 2 amide bonds. The van der Waals surface area contributed by atoms with Crippen molar-refractivity contribution in [1.29, 1.82) is 0 Å². The smallest absolute Gasteiger partial charge is 0.269 e. The Morgan fingerprint density at radius 3 is 2.21 bits per heavy atom. The highest BCUT2D eigenvalue weighted by Crippen LogP contribution is 2.13. The molecule has 8 nitrogen and oxygen atoms in total. The number of nitrogens with one attached hydrogen (secondary N) is 3. The quantitative estimate of drug-likeness (QED) is 0.412. The van der Waals surface area contributed by atoms with Gasteiger partial charge in [-0.15, -0.1) is 0 Å². The molecule has 3 N–H and O–H groups in total. The number of nitrogens with zero attached hydrogens (tertiary/aromatic N) is 1. The third-order valence-electron chi connectivity index (χ3n) is 3.44. The lowest BCUT2D eigenvalue weighted by Gasteiger charge is -2.20. The van der Waals surface area contributed by atoms with Crippen LogP contribution in [0.1, 0.15) is 41.5 Å². The largest absolute Gasteiger partial charge is 0.347 e. The van der Waals surface area contributed by atoms with Crippen LogP contribution >= 0.6 is 12.2 Å². The average Bonchev–Trinajstić information content (AvgIpc) is 2.60. The summed E-state index contributed by atoms with van der Waals surface area (Å²) < 4.78 is 0. The van der Waals surface area contributed by atoms with Crippen LogP contribution in [0.3, 0.4) is 0 Å². The summed E-state index contributed by atoms with van der Waals surface area (Å²) in [6.07, 6.45) is 0. The number of non-ortho nitro benzene ring substituents is 1. The average molecular weight is 400 g/mol. The van der Waals surface area contributed by atoms with Gasteiger partial charge in [0.1, 0.15) is 0 Å². The Balaban J connectivity index is 2.01. The third-order valence-corrected chi connectivity index (χ3v) is 3.64. The number of thiocarbonyl (C=S) groups is 1.